The van der Waals surface area contributed by atoms with Crippen molar-refractivity contribution < 1.29 is 0 Å². The molecule has 0 aliphatic rings. The van der Waals surface area contributed by atoms with Crippen molar-refractivity contribution in [3.63, 3.8) is 0 Å². The molecule has 0 bridgehead atoms. The van der Waals surface area contributed by atoms with Crippen molar-refractivity contribution in [2.24, 2.45) is 0 Å². The van der Waals surface area contributed by atoms with Gasteiger partial charge in [0.1, 0.15) is 4.60 Å². The fraction of sp³-hybridized carbons (Fsp3) is 0. The van der Waals surface area contributed by atoms with E-state index >= 15 is 0 Å². The molecule has 1 heterocycles. The molecule has 0 radical (unpaired) electrons. The minimum atomic E-state index is 0.514. The molecule has 0 amide bonds. The molecule has 0 aliphatic heterocycles. The standard InChI is InChI=1S/C10H5BrCl2N2/c11-8-4-5-14-10(15-8)9-6(12)2-1-3-7(9)13/h1-5H. The highest BCUT2D eigenvalue weighted by atomic mass is 79.9. The quantitative estimate of drug-likeness (QED) is 0.737. The number of hydrogen-bond acceptors (Lipinski definition) is 2. The largest absolute Gasteiger partial charge is 0.236 e. The van der Waals surface area contributed by atoms with Crippen LogP contribution in [0.15, 0.2) is 35.1 Å². The minimum Gasteiger partial charge on any atom is -0.236 e. The van der Waals surface area contributed by atoms with E-state index in [2.05, 4.69) is 25.9 Å². The fourth-order valence-corrected chi connectivity index (χ4v) is 2.02. The summed E-state index contributed by atoms with van der Waals surface area (Å²) in [6, 6.07) is 7.04. The van der Waals surface area contributed by atoms with Crippen LogP contribution in [0.5, 0.6) is 0 Å². The molecular formula is C10H5BrCl2N2. The van der Waals surface area contributed by atoms with Crippen LogP contribution in [-0.4, -0.2) is 9.97 Å². The Balaban J connectivity index is 2.63. The van der Waals surface area contributed by atoms with Crippen LogP contribution in [0.25, 0.3) is 11.4 Å². The van der Waals surface area contributed by atoms with E-state index in [0.29, 0.717) is 26.0 Å². The molecule has 76 valence electrons. The lowest BCUT2D eigenvalue weighted by Crippen LogP contribution is -1.90. The zero-order valence-corrected chi connectivity index (χ0v) is 10.5. The van der Waals surface area contributed by atoms with E-state index in [0.717, 1.165) is 0 Å². The summed E-state index contributed by atoms with van der Waals surface area (Å²) in [5.74, 6) is 0.514. The molecule has 0 fully saturated rings. The Morgan fingerprint density at radius 2 is 1.73 bits per heavy atom. The molecule has 2 aromatic rings. The molecule has 0 N–H and O–H groups in total. The maximum Gasteiger partial charge on any atom is 0.163 e. The van der Waals surface area contributed by atoms with E-state index in [4.69, 9.17) is 23.2 Å². The Hall–Kier alpha value is -0.640. The predicted octanol–water partition coefficient (Wildman–Crippen LogP) is 4.21. The van der Waals surface area contributed by atoms with Gasteiger partial charge in [0.2, 0.25) is 0 Å². The molecule has 2 rings (SSSR count). The fourth-order valence-electron chi connectivity index (χ4n) is 1.17. The molecule has 1 aromatic heterocycles. The smallest absolute Gasteiger partial charge is 0.163 e. The molecule has 0 spiro atoms. The summed E-state index contributed by atoms with van der Waals surface area (Å²) >= 11 is 15.3. The van der Waals surface area contributed by atoms with Crippen molar-refractivity contribution in [2.75, 3.05) is 0 Å². The monoisotopic (exact) mass is 302 g/mol. The third-order valence-corrected chi connectivity index (χ3v) is 2.88. The number of aromatic nitrogens is 2. The van der Waals surface area contributed by atoms with Crippen molar-refractivity contribution in [3.8, 4) is 11.4 Å². The van der Waals surface area contributed by atoms with Gasteiger partial charge in [-0.15, -0.1) is 0 Å². The molecule has 5 heteroatoms. The lowest BCUT2D eigenvalue weighted by Gasteiger charge is -2.04. The molecule has 0 saturated carbocycles. The van der Waals surface area contributed by atoms with Gasteiger partial charge in [-0.2, -0.15) is 0 Å². The summed E-state index contributed by atoms with van der Waals surface area (Å²) in [6.07, 6.45) is 1.64. The van der Waals surface area contributed by atoms with Gasteiger partial charge in [-0.3, -0.25) is 0 Å². The van der Waals surface area contributed by atoms with E-state index in [1.807, 2.05) is 0 Å². The summed E-state index contributed by atoms with van der Waals surface area (Å²) in [5.41, 5.74) is 0.655. The maximum atomic E-state index is 6.04. The van der Waals surface area contributed by atoms with Crippen LogP contribution in [-0.2, 0) is 0 Å². The molecule has 1 aromatic carbocycles. The first-order valence-electron chi connectivity index (χ1n) is 4.11. The maximum absolute atomic E-state index is 6.04. The highest BCUT2D eigenvalue weighted by molar-refractivity contribution is 9.10. The second kappa shape index (κ2) is 4.47. The summed E-state index contributed by atoms with van der Waals surface area (Å²) in [6.45, 7) is 0. The first-order chi connectivity index (χ1) is 7.18. The first kappa shape index (κ1) is 10.9. The van der Waals surface area contributed by atoms with Crippen LogP contribution in [0.1, 0.15) is 0 Å². The third-order valence-electron chi connectivity index (χ3n) is 1.81. The average Bonchev–Trinajstić information content (AvgIpc) is 2.17. The number of benzene rings is 1. The lowest BCUT2D eigenvalue weighted by atomic mass is 10.2. The first-order valence-corrected chi connectivity index (χ1v) is 5.66. The minimum absolute atomic E-state index is 0.514. The van der Waals surface area contributed by atoms with Crippen molar-refractivity contribution in [1.82, 2.24) is 9.97 Å². The molecule has 2 nitrogen and oxygen atoms in total. The number of rotatable bonds is 1. The molecule has 0 saturated heterocycles. The zero-order valence-electron chi connectivity index (χ0n) is 7.42. The van der Waals surface area contributed by atoms with Crippen LogP contribution < -0.4 is 0 Å². The lowest BCUT2D eigenvalue weighted by molar-refractivity contribution is 1.15. The van der Waals surface area contributed by atoms with Crippen LogP contribution >= 0.6 is 39.1 Å². The van der Waals surface area contributed by atoms with Crippen LogP contribution in [0.4, 0.5) is 0 Å². The van der Waals surface area contributed by atoms with E-state index in [1.165, 1.54) is 0 Å². The Bertz CT molecular complexity index is 482. The second-order valence-electron chi connectivity index (χ2n) is 2.80. The Morgan fingerprint density at radius 3 is 2.33 bits per heavy atom. The summed E-state index contributed by atoms with van der Waals surface area (Å²) in [7, 11) is 0. The van der Waals surface area contributed by atoms with E-state index in [-0.39, 0.29) is 0 Å². The van der Waals surface area contributed by atoms with Gasteiger partial charge in [0.15, 0.2) is 5.82 Å². The van der Waals surface area contributed by atoms with Crippen molar-refractivity contribution >= 4 is 39.1 Å². The summed E-state index contributed by atoms with van der Waals surface area (Å²) < 4.78 is 0.698. The van der Waals surface area contributed by atoms with Gasteiger partial charge < -0.3 is 0 Å². The van der Waals surface area contributed by atoms with Gasteiger partial charge in [-0.25, -0.2) is 9.97 Å². The molecule has 0 aliphatic carbocycles. The summed E-state index contributed by atoms with van der Waals surface area (Å²) in [5, 5.41) is 1.08. The number of halogens is 3. The van der Waals surface area contributed by atoms with Crippen LogP contribution in [0.2, 0.25) is 10.0 Å². The zero-order chi connectivity index (χ0) is 10.8. The predicted molar refractivity (Wildman–Crippen MR) is 65.2 cm³/mol. The Labute approximate surface area is 105 Å². The van der Waals surface area contributed by atoms with Crippen molar-refractivity contribution in [3.05, 3.63) is 45.1 Å². The summed E-state index contributed by atoms with van der Waals surface area (Å²) in [4.78, 5) is 8.32. The number of nitrogens with zero attached hydrogens (tertiary/aromatic N) is 2. The van der Waals surface area contributed by atoms with Crippen molar-refractivity contribution in [2.45, 2.75) is 0 Å². The van der Waals surface area contributed by atoms with Gasteiger partial charge in [0.25, 0.3) is 0 Å². The van der Waals surface area contributed by atoms with Crippen molar-refractivity contribution in [1.29, 1.82) is 0 Å². The Kier molecular flexibility index (Phi) is 3.24. The van der Waals surface area contributed by atoms with E-state index < -0.39 is 0 Å². The molecular weight excluding hydrogens is 299 g/mol. The number of hydrogen-bond donors (Lipinski definition) is 0. The average molecular weight is 304 g/mol. The van der Waals surface area contributed by atoms with Gasteiger partial charge in [0, 0.05) is 6.20 Å². The molecule has 0 atom stereocenters. The Morgan fingerprint density at radius 1 is 1.07 bits per heavy atom. The molecule has 0 unspecified atom stereocenters. The van der Waals surface area contributed by atoms with Crippen LogP contribution in [0.3, 0.4) is 0 Å². The normalized spacial score (nSPS) is 10.3. The van der Waals surface area contributed by atoms with Gasteiger partial charge in [-0.05, 0) is 34.1 Å². The highest BCUT2D eigenvalue weighted by Crippen LogP contribution is 2.32. The topological polar surface area (TPSA) is 25.8 Å². The highest BCUT2D eigenvalue weighted by Gasteiger charge is 2.10. The van der Waals surface area contributed by atoms with Gasteiger partial charge in [-0.1, -0.05) is 29.3 Å². The van der Waals surface area contributed by atoms with E-state index in [9.17, 15) is 0 Å². The third kappa shape index (κ3) is 2.30. The van der Waals surface area contributed by atoms with E-state index in [1.54, 1.807) is 30.5 Å². The van der Waals surface area contributed by atoms with Gasteiger partial charge in [0.05, 0.1) is 15.6 Å². The van der Waals surface area contributed by atoms with Gasteiger partial charge >= 0.3 is 0 Å². The van der Waals surface area contributed by atoms with Crippen LogP contribution in [0, 0.1) is 0 Å². The second-order valence-corrected chi connectivity index (χ2v) is 4.43. The SMILES string of the molecule is Clc1cccc(Cl)c1-c1nccc(Br)n1. The molecule has 15 heavy (non-hydrogen) atoms.